The Hall–Kier alpha value is -2.13. The highest BCUT2D eigenvalue weighted by molar-refractivity contribution is 7.15. The number of aryl methyl sites for hydroxylation is 2. The molecule has 18 heavy (non-hydrogen) atoms. The average molecular weight is 260 g/mol. The first-order valence-corrected chi connectivity index (χ1v) is 6.14. The van der Waals surface area contributed by atoms with Gasteiger partial charge in [-0.1, -0.05) is 11.3 Å². The molecule has 92 valence electrons. The van der Waals surface area contributed by atoms with Crippen LogP contribution in [0.15, 0.2) is 12.1 Å². The van der Waals surface area contributed by atoms with Gasteiger partial charge in [0.05, 0.1) is 11.6 Å². The fourth-order valence-electron chi connectivity index (χ4n) is 1.70. The highest BCUT2D eigenvalue weighted by Gasteiger charge is 2.08. The molecule has 1 aromatic heterocycles. The molecule has 0 aliphatic rings. The van der Waals surface area contributed by atoms with Crippen LogP contribution in [-0.4, -0.2) is 10.2 Å². The van der Waals surface area contributed by atoms with Crippen molar-refractivity contribution in [2.75, 3.05) is 5.73 Å². The molecule has 0 aliphatic carbocycles. The van der Waals surface area contributed by atoms with E-state index in [4.69, 9.17) is 15.7 Å². The Morgan fingerprint density at radius 2 is 2.00 bits per heavy atom. The van der Waals surface area contributed by atoms with Crippen LogP contribution in [0.3, 0.4) is 0 Å². The van der Waals surface area contributed by atoms with E-state index >= 15 is 0 Å². The van der Waals surface area contributed by atoms with Crippen LogP contribution in [0.1, 0.15) is 21.7 Å². The quantitative estimate of drug-likeness (QED) is 0.914. The SMILES string of the molecule is Cc1cc(C#N)cc(C)c1OCc1nnc(N)s1. The zero-order valence-corrected chi connectivity index (χ0v) is 10.9. The molecule has 0 saturated carbocycles. The summed E-state index contributed by atoms with van der Waals surface area (Å²) in [6.07, 6.45) is 0. The summed E-state index contributed by atoms with van der Waals surface area (Å²) >= 11 is 1.30. The Bertz CT molecular complexity index is 592. The number of aromatic nitrogens is 2. The normalized spacial score (nSPS) is 10.1. The summed E-state index contributed by atoms with van der Waals surface area (Å²) in [7, 11) is 0. The second kappa shape index (κ2) is 5.02. The topological polar surface area (TPSA) is 84.8 Å². The third-order valence-corrected chi connectivity index (χ3v) is 3.14. The van der Waals surface area contributed by atoms with Crippen LogP contribution in [0.4, 0.5) is 5.13 Å². The molecule has 2 rings (SSSR count). The molecule has 0 saturated heterocycles. The van der Waals surface area contributed by atoms with E-state index in [-0.39, 0.29) is 0 Å². The second-order valence-corrected chi connectivity index (χ2v) is 4.97. The highest BCUT2D eigenvalue weighted by atomic mass is 32.1. The van der Waals surface area contributed by atoms with Gasteiger partial charge in [0.15, 0.2) is 5.01 Å². The molecule has 1 heterocycles. The number of benzene rings is 1. The smallest absolute Gasteiger partial charge is 0.203 e. The number of nitrogens with zero attached hydrogens (tertiary/aromatic N) is 3. The first-order chi connectivity index (χ1) is 8.60. The average Bonchev–Trinajstić information content (AvgIpc) is 2.73. The van der Waals surface area contributed by atoms with Crippen molar-refractivity contribution in [3.63, 3.8) is 0 Å². The monoisotopic (exact) mass is 260 g/mol. The van der Waals surface area contributed by atoms with Gasteiger partial charge in [0.1, 0.15) is 12.4 Å². The molecule has 0 aliphatic heterocycles. The van der Waals surface area contributed by atoms with Crippen molar-refractivity contribution in [2.45, 2.75) is 20.5 Å². The van der Waals surface area contributed by atoms with Crippen LogP contribution in [0, 0.1) is 25.2 Å². The molecule has 0 unspecified atom stereocenters. The van der Waals surface area contributed by atoms with Crippen molar-refractivity contribution in [1.29, 1.82) is 5.26 Å². The minimum atomic E-state index is 0.336. The number of nitrogen functional groups attached to an aromatic ring is 1. The van der Waals surface area contributed by atoms with Gasteiger partial charge in [0, 0.05) is 0 Å². The molecule has 0 spiro atoms. The van der Waals surface area contributed by atoms with E-state index < -0.39 is 0 Å². The molecule has 0 bridgehead atoms. The first kappa shape index (κ1) is 12.3. The number of hydrogen-bond acceptors (Lipinski definition) is 6. The minimum absolute atomic E-state index is 0.336. The van der Waals surface area contributed by atoms with Gasteiger partial charge in [-0.3, -0.25) is 0 Å². The molecule has 0 radical (unpaired) electrons. The van der Waals surface area contributed by atoms with Crippen molar-refractivity contribution in [1.82, 2.24) is 10.2 Å². The lowest BCUT2D eigenvalue weighted by atomic mass is 10.1. The van der Waals surface area contributed by atoms with Crippen LogP contribution >= 0.6 is 11.3 Å². The Balaban J connectivity index is 2.17. The van der Waals surface area contributed by atoms with E-state index in [9.17, 15) is 0 Å². The minimum Gasteiger partial charge on any atom is -0.486 e. The second-order valence-electron chi connectivity index (χ2n) is 3.87. The van der Waals surface area contributed by atoms with Crippen molar-refractivity contribution in [2.24, 2.45) is 0 Å². The van der Waals surface area contributed by atoms with Gasteiger partial charge in [-0.2, -0.15) is 5.26 Å². The summed E-state index contributed by atoms with van der Waals surface area (Å²) in [4.78, 5) is 0. The Morgan fingerprint density at radius 1 is 1.33 bits per heavy atom. The fourth-order valence-corrected chi connectivity index (χ4v) is 2.22. The van der Waals surface area contributed by atoms with Crippen molar-refractivity contribution >= 4 is 16.5 Å². The molecule has 6 heteroatoms. The maximum Gasteiger partial charge on any atom is 0.203 e. The van der Waals surface area contributed by atoms with E-state index in [1.54, 1.807) is 12.1 Å². The van der Waals surface area contributed by atoms with Gasteiger partial charge in [0.25, 0.3) is 0 Å². The number of hydrogen-bond donors (Lipinski definition) is 1. The van der Waals surface area contributed by atoms with E-state index in [0.717, 1.165) is 21.9 Å². The van der Waals surface area contributed by atoms with E-state index in [1.807, 2.05) is 13.8 Å². The number of nitriles is 1. The van der Waals surface area contributed by atoms with Gasteiger partial charge in [-0.05, 0) is 37.1 Å². The number of nitrogens with two attached hydrogens (primary N) is 1. The van der Waals surface area contributed by atoms with Crippen molar-refractivity contribution in [3.05, 3.63) is 33.8 Å². The van der Waals surface area contributed by atoms with Crippen LogP contribution in [0.2, 0.25) is 0 Å². The summed E-state index contributed by atoms with van der Waals surface area (Å²) in [6.45, 7) is 4.16. The van der Waals surface area contributed by atoms with Crippen LogP contribution < -0.4 is 10.5 Å². The summed E-state index contributed by atoms with van der Waals surface area (Å²) in [5.74, 6) is 0.780. The van der Waals surface area contributed by atoms with E-state index in [2.05, 4.69) is 16.3 Å². The number of rotatable bonds is 3. The summed E-state index contributed by atoms with van der Waals surface area (Å²) in [5.41, 5.74) is 8.00. The Kier molecular flexibility index (Phi) is 3.44. The lowest BCUT2D eigenvalue weighted by Crippen LogP contribution is -1.99. The maximum atomic E-state index is 8.87. The zero-order chi connectivity index (χ0) is 13.1. The molecule has 5 nitrogen and oxygen atoms in total. The summed E-state index contributed by atoms with van der Waals surface area (Å²) in [6, 6.07) is 5.73. The summed E-state index contributed by atoms with van der Waals surface area (Å²) in [5, 5.41) is 17.6. The largest absolute Gasteiger partial charge is 0.486 e. The standard InChI is InChI=1S/C12H12N4OS/c1-7-3-9(5-13)4-8(2)11(7)17-6-10-15-16-12(14)18-10/h3-4H,6H2,1-2H3,(H2,14,16). The van der Waals surface area contributed by atoms with Crippen LogP contribution in [0.5, 0.6) is 5.75 Å². The van der Waals surface area contributed by atoms with Gasteiger partial charge in [-0.15, -0.1) is 10.2 Å². The van der Waals surface area contributed by atoms with E-state index in [0.29, 0.717) is 17.3 Å². The molecule has 0 fully saturated rings. The molecular formula is C12H12N4OS. The third kappa shape index (κ3) is 2.57. The lowest BCUT2D eigenvalue weighted by molar-refractivity contribution is 0.300. The van der Waals surface area contributed by atoms with Gasteiger partial charge in [-0.25, -0.2) is 0 Å². The predicted octanol–water partition coefficient (Wildman–Crippen LogP) is 2.19. The predicted molar refractivity (Wildman–Crippen MR) is 69.3 cm³/mol. The third-order valence-electron chi connectivity index (χ3n) is 2.41. The zero-order valence-electron chi connectivity index (χ0n) is 10.1. The highest BCUT2D eigenvalue weighted by Crippen LogP contribution is 2.26. The summed E-state index contributed by atoms with van der Waals surface area (Å²) < 4.78 is 5.71. The Labute approximate surface area is 109 Å². The van der Waals surface area contributed by atoms with E-state index in [1.165, 1.54) is 11.3 Å². The number of anilines is 1. The molecule has 1 aromatic carbocycles. The van der Waals surface area contributed by atoms with Crippen LogP contribution in [0.25, 0.3) is 0 Å². The van der Waals surface area contributed by atoms with Crippen molar-refractivity contribution in [3.8, 4) is 11.8 Å². The lowest BCUT2D eigenvalue weighted by Gasteiger charge is -2.11. The fraction of sp³-hybridized carbons (Fsp3) is 0.250. The molecular weight excluding hydrogens is 248 g/mol. The first-order valence-electron chi connectivity index (χ1n) is 5.32. The molecule has 2 aromatic rings. The maximum absolute atomic E-state index is 8.87. The molecule has 2 N–H and O–H groups in total. The van der Waals surface area contributed by atoms with Crippen molar-refractivity contribution < 1.29 is 4.74 Å². The van der Waals surface area contributed by atoms with Gasteiger partial charge >= 0.3 is 0 Å². The van der Waals surface area contributed by atoms with Gasteiger partial charge in [0.2, 0.25) is 5.13 Å². The molecule has 0 amide bonds. The number of ether oxygens (including phenoxy) is 1. The van der Waals surface area contributed by atoms with Crippen LogP contribution in [-0.2, 0) is 6.61 Å². The Morgan fingerprint density at radius 3 is 2.50 bits per heavy atom. The molecule has 0 atom stereocenters. The van der Waals surface area contributed by atoms with Gasteiger partial charge < -0.3 is 10.5 Å².